The molecule has 0 aliphatic carbocycles. The number of aromatic nitrogens is 5. The lowest BCUT2D eigenvalue weighted by atomic mass is 10.2. The van der Waals surface area contributed by atoms with Crippen LogP contribution in [0.2, 0.25) is 10.2 Å². The van der Waals surface area contributed by atoms with Gasteiger partial charge in [-0.1, -0.05) is 23.2 Å². The van der Waals surface area contributed by atoms with Crippen molar-refractivity contribution in [1.29, 1.82) is 0 Å². The molecular formula is C10H5Cl2N5. The SMILES string of the molecule is Clc1cnccc1-c1nnc2cncc(Cl)n12. The van der Waals surface area contributed by atoms with Crippen LogP contribution in [0.4, 0.5) is 0 Å². The molecule has 3 aromatic rings. The van der Waals surface area contributed by atoms with E-state index in [2.05, 4.69) is 20.2 Å². The standard InChI is InChI=1S/C10H5Cl2N5/c11-7-3-13-2-1-6(7)10-16-15-9-5-14-4-8(12)17(9)10/h1-5H. The first-order valence-electron chi connectivity index (χ1n) is 4.72. The van der Waals surface area contributed by atoms with Crippen LogP contribution in [0, 0.1) is 0 Å². The molecule has 0 saturated heterocycles. The lowest BCUT2D eigenvalue weighted by Crippen LogP contribution is -1.93. The molecule has 7 heteroatoms. The molecule has 0 spiro atoms. The summed E-state index contributed by atoms with van der Waals surface area (Å²) in [6.45, 7) is 0. The van der Waals surface area contributed by atoms with Crippen molar-refractivity contribution < 1.29 is 0 Å². The molecule has 0 N–H and O–H groups in total. The van der Waals surface area contributed by atoms with Crippen LogP contribution in [0.1, 0.15) is 0 Å². The number of fused-ring (bicyclic) bond motifs is 1. The molecule has 3 aromatic heterocycles. The number of hydrogen-bond acceptors (Lipinski definition) is 4. The van der Waals surface area contributed by atoms with Gasteiger partial charge in [-0.25, -0.2) is 0 Å². The van der Waals surface area contributed by atoms with Crippen molar-refractivity contribution in [2.24, 2.45) is 0 Å². The highest BCUT2D eigenvalue weighted by Gasteiger charge is 2.13. The van der Waals surface area contributed by atoms with Crippen molar-refractivity contribution in [2.45, 2.75) is 0 Å². The molecule has 0 aromatic carbocycles. The van der Waals surface area contributed by atoms with Gasteiger partial charge in [-0.15, -0.1) is 10.2 Å². The third-order valence-electron chi connectivity index (χ3n) is 2.29. The highest BCUT2D eigenvalue weighted by atomic mass is 35.5. The fraction of sp³-hybridized carbons (Fsp3) is 0. The molecule has 0 aliphatic rings. The second-order valence-corrected chi connectivity index (χ2v) is 4.10. The maximum absolute atomic E-state index is 6.07. The van der Waals surface area contributed by atoms with E-state index in [9.17, 15) is 0 Å². The molecule has 84 valence electrons. The molecule has 3 rings (SSSR count). The predicted molar refractivity (Wildman–Crippen MR) is 64.0 cm³/mol. The van der Waals surface area contributed by atoms with E-state index >= 15 is 0 Å². The van der Waals surface area contributed by atoms with Gasteiger partial charge in [0.1, 0.15) is 5.15 Å². The topological polar surface area (TPSA) is 56.0 Å². The molecule has 0 unspecified atom stereocenters. The maximum Gasteiger partial charge on any atom is 0.180 e. The predicted octanol–water partition coefficient (Wildman–Crippen LogP) is 2.49. The summed E-state index contributed by atoms with van der Waals surface area (Å²) in [6, 6.07) is 1.76. The Morgan fingerprint density at radius 1 is 1.00 bits per heavy atom. The minimum atomic E-state index is 0.426. The Balaban J connectivity index is 2.36. The van der Waals surface area contributed by atoms with Gasteiger partial charge in [0, 0.05) is 18.0 Å². The van der Waals surface area contributed by atoms with Crippen LogP contribution >= 0.6 is 23.2 Å². The fourth-order valence-electron chi connectivity index (χ4n) is 1.54. The van der Waals surface area contributed by atoms with Crippen molar-refractivity contribution in [1.82, 2.24) is 24.6 Å². The third kappa shape index (κ3) is 1.64. The molecule has 0 bridgehead atoms. The Bertz CT molecular complexity index is 694. The second kappa shape index (κ2) is 3.94. The van der Waals surface area contributed by atoms with E-state index in [1.54, 1.807) is 29.1 Å². The van der Waals surface area contributed by atoms with Crippen LogP contribution in [-0.2, 0) is 0 Å². The zero-order valence-corrected chi connectivity index (χ0v) is 9.89. The van der Waals surface area contributed by atoms with Gasteiger partial charge in [0.25, 0.3) is 0 Å². The van der Waals surface area contributed by atoms with Crippen molar-refractivity contribution in [3.63, 3.8) is 0 Å². The summed E-state index contributed by atoms with van der Waals surface area (Å²) < 4.78 is 1.68. The minimum absolute atomic E-state index is 0.426. The van der Waals surface area contributed by atoms with Gasteiger partial charge in [0.05, 0.1) is 17.4 Å². The average molecular weight is 266 g/mol. The van der Waals surface area contributed by atoms with Gasteiger partial charge in [-0.2, -0.15) is 0 Å². The lowest BCUT2D eigenvalue weighted by Gasteiger charge is -2.02. The number of halogens is 2. The van der Waals surface area contributed by atoms with E-state index in [1.807, 2.05) is 0 Å². The Morgan fingerprint density at radius 3 is 2.71 bits per heavy atom. The van der Waals surface area contributed by atoms with E-state index in [1.165, 1.54) is 6.20 Å². The summed E-state index contributed by atoms with van der Waals surface area (Å²) in [5, 5.41) is 8.97. The number of hydrogen-bond donors (Lipinski definition) is 0. The van der Waals surface area contributed by atoms with Crippen LogP contribution in [0.25, 0.3) is 17.0 Å². The summed E-state index contributed by atoms with van der Waals surface area (Å²) in [6.07, 6.45) is 6.29. The molecule has 0 radical (unpaired) electrons. The zero-order valence-electron chi connectivity index (χ0n) is 8.38. The smallest absolute Gasteiger partial charge is 0.180 e. The molecule has 0 amide bonds. The van der Waals surface area contributed by atoms with Crippen LogP contribution < -0.4 is 0 Å². The monoisotopic (exact) mass is 265 g/mol. The maximum atomic E-state index is 6.07. The number of rotatable bonds is 1. The molecule has 0 fully saturated rings. The largest absolute Gasteiger partial charge is 0.263 e. The Kier molecular flexibility index (Phi) is 2.42. The van der Waals surface area contributed by atoms with Gasteiger partial charge < -0.3 is 0 Å². The van der Waals surface area contributed by atoms with Gasteiger partial charge in [-0.3, -0.25) is 14.4 Å². The molecule has 3 heterocycles. The third-order valence-corrected chi connectivity index (χ3v) is 2.85. The van der Waals surface area contributed by atoms with Crippen LogP contribution in [0.5, 0.6) is 0 Å². The Labute approximate surface area is 106 Å². The summed E-state index contributed by atoms with van der Waals surface area (Å²) in [5.41, 5.74) is 1.29. The second-order valence-electron chi connectivity index (χ2n) is 3.30. The molecule has 0 saturated carbocycles. The van der Waals surface area contributed by atoms with Crippen molar-refractivity contribution in [3.05, 3.63) is 41.0 Å². The van der Waals surface area contributed by atoms with E-state index in [0.717, 1.165) is 5.56 Å². The summed E-state index contributed by atoms with van der Waals surface area (Å²) in [5.74, 6) is 0.569. The first kappa shape index (κ1) is 10.4. The quantitative estimate of drug-likeness (QED) is 0.679. The number of nitrogens with zero attached hydrogens (tertiary/aromatic N) is 5. The summed E-state index contributed by atoms with van der Waals surface area (Å²) >= 11 is 12.1. The molecule has 0 aliphatic heterocycles. The molecular weight excluding hydrogens is 261 g/mol. The van der Waals surface area contributed by atoms with Crippen LogP contribution in [0.15, 0.2) is 30.9 Å². The van der Waals surface area contributed by atoms with Crippen LogP contribution in [-0.4, -0.2) is 24.6 Å². The molecule has 0 atom stereocenters. The Morgan fingerprint density at radius 2 is 1.88 bits per heavy atom. The zero-order chi connectivity index (χ0) is 11.8. The fourth-order valence-corrected chi connectivity index (χ4v) is 1.97. The van der Waals surface area contributed by atoms with Crippen LogP contribution in [0.3, 0.4) is 0 Å². The molecule has 17 heavy (non-hydrogen) atoms. The van der Waals surface area contributed by atoms with E-state index < -0.39 is 0 Å². The molecule has 5 nitrogen and oxygen atoms in total. The van der Waals surface area contributed by atoms with Gasteiger partial charge in [-0.05, 0) is 6.07 Å². The average Bonchev–Trinajstić information content (AvgIpc) is 2.75. The Hall–Kier alpha value is -1.72. The highest BCUT2D eigenvalue weighted by Crippen LogP contribution is 2.27. The van der Waals surface area contributed by atoms with E-state index in [4.69, 9.17) is 23.2 Å². The summed E-state index contributed by atoms with van der Waals surface area (Å²) in [4.78, 5) is 7.86. The van der Waals surface area contributed by atoms with Crippen molar-refractivity contribution >= 4 is 28.8 Å². The minimum Gasteiger partial charge on any atom is -0.263 e. The van der Waals surface area contributed by atoms with E-state index in [0.29, 0.717) is 21.6 Å². The van der Waals surface area contributed by atoms with Crippen molar-refractivity contribution in [2.75, 3.05) is 0 Å². The van der Waals surface area contributed by atoms with Crippen molar-refractivity contribution in [3.8, 4) is 11.4 Å². The first-order chi connectivity index (χ1) is 8.27. The first-order valence-corrected chi connectivity index (χ1v) is 5.47. The highest BCUT2D eigenvalue weighted by molar-refractivity contribution is 6.33. The normalized spacial score (nSPS) is 10.9. The lowest BCUT2D eigenvalue weighted by molar-refractivity contribution is 1.11. The number of pyridine rings is 1. The van der Waals surface area contributed by atoms with E-state index in [-0.39, 0.29) is 0 Å². The van der Waals surface area contributed by atoms with Gasteiger partial charge >= 0.3 is 0 Å². The van der Waals surface area contributed by atoms with Gasteiger partial charge in [0.2, 0.25) is 0 Å². The summed E-state index contributed by atoms with van der Waals surface area (Å²) in [7, 11) is 0. The van der Waals surface area contributed by atoms with Gasteiger partial charge in [0.15, 0.2) is 11.5 Å².